The molecule has 7 nitrogen and oxygen atoms in total. The van der Waals surface area contributed by atoms with Crippen LogP contribution in [0.4, 0.5) is 10.3 Å². The summed E-state index contributed by atoms with van der Waals surface area (Å²) in [4.78, 5) is 37.6. The van der Waals surface area contributed by atoms with Crippen LogP contribution in [0.5, 0.6) is 0 Å². The second-order valence-electron chi connectivity index (χ2n) is 8.58. The average Bonchev–Trinajstić information content (AvgIpc) is 3.27. The molecule has 1 saturated heterocycles. The molecule has 5 rings (SSSR count). The number of anilines is 1. The molecular weight excluding hydrogens is 504 g/mol. The number of piperidine rings is 1. The van der Waals surface area contributed by atoms with E-state index in [9.17, 15) is 14.0 Å². The molecule has 2 aliphatic rings. The number of carbonyl (C=O) groups is 1. The Hall–Kier alpha value is -2.68. The van der Waals surface area contributed by atoms with E-state index in [1.807, 2.05) is 11.9 Å². The van der Waals surface area contributed by atoms with Gasteiger partial charge in [0.2, 0.25) is 5.95 Å². The van der Waals surface area contributed by atoms with Crippen LogP contribution in [0, 0.1) is 17.7 Å². The van der Waals surface area contributed by atoms with Crippen LogP contribution in [0.15, 0.2) is 41.5 Å². The predicted molar refractivity (Wildman–Crippen MR) is 129 cm³/mol. The van der Waals surface area contributed by atoms with Crippen LogP contribution in [0.2, 0.25) is 15.1 Å². The largest absolute Gasteiger partial charge is 0.342 e. The molecule has 0 spiro atoms. The molecule has 1 saturated carbocycles. The van der Waals surface area contributed by atoms with Crippen molar-refractivity contribution in [1.82, 2.24) is 19.4 Å². The van der Waals surface area contributed by atoms with Crippen molar-refractivity contribution in [2.45, 2.75) is 6.04 Å². The van der Waals surface area contributed by atoms with Crippen molar-refractivity contribution in [3.8, 4) is 11.3 Å². The SMILES string of the molecule is CN(c1nc(-c2ccncc2F)cc(=O)n1C)[C@H]1[C@@H]2CN(C(=O)c3c(Cl)cc(Cl)cc3Cl)C[C@@H]21. The first-order valence-corrected chi connectivity index (χ1v) is 11.7. The summed E-state index contributed by atoms with van der Waals surface area (Å²) in [5, 5.41) is 0.802. The zero-order chi connectivity index (χ0) is 24.3. The number of rotatable bonds is 4. The molecule has 2 fully saturated rings. The molecule has 1 amide bonds. The molecule has 1 aromatic carbocycles. The van der Waals surface area contributed by atoms with Crippen molar-refractivity contribution in [3.63, 3.8) is 0 Å². The second-order valence-corrected chi connectivity index (χ2v) is 9.83. The van der Waals surface area contributed by atoms with Crippen molar-refractivity contribution in [1.29, 1.82) is 0 Å². The third-order valence-corrected chi connectivity index (χ3v) is 7.39. The Morgan fingerprint density at radius 3 is 2.41 bits per heavy atom. The van der Waals surface area contributed by atoms with Gasteiger partial charge in [-0.25, -0.2) is 9.37 Å². The van der Waals surface area contributed by atoms with Gasteiger partial charge in [-0.15, -0.1) is 0 Å². The van der Waals surface area contributed by atoms with Crippen LogP contribution in [-0.2, 0) is 7.05 Å². The van der Waals surface area contributed by atoms with Crippen LogP contribution in [0.1, 0.15) is 10.4 Å². The van der Waals surface area contributed by atoms with E-state index in [1.165, 1.54) is 35.0 Å². The Kier molecular flexibility index (Phi) is 5.78. The van der Waals surface area contributed by atoms with Crippen LogP contribution in [0.25, 0.3) is 11.3 Å². The number of carbonyl (C=O) groups excluding carboxylic acids is 1. The zero-order valence-corrected chi connectivity index (χ0v) is 20.4. The predicted octanol–water partition coefficient (Wildman–Crippen LogP) is 4.15. The molecule has 1 aliphatic heterocycles. The monoisotopic (exact) mass is 521 g/mol. The Morgan fingerprint density at radius 1 is 1.15 bits per heavy atom. The van der Waals surface area contributed by atoms with Crippen molar-refractivity contribution in [2.24, 2.45) is 18.9 Å². The number of nitrogens with zero attached hydrogens (tertiary/aromatic N) is 5. The number of hydrogen-bond acceptors (Lipinski definition) is 5. The summed E-state index contributed by atoms with van der Waals surface area (Å²) < 4.78 is 15.7. The summed E-state index contributed by atoms with van der Waals surface area (Å²) in [6.07, 6.45) is 2.55. The number of likely N-dealkylation sites (tertiary alicyclic amines) is 1. The van der Waals surface area contributed by atoms with E-state index < -0.39 is 5.82 Å². The highest BCUT2D eigenvalue weighted by atomic mass is 35.5. The molecular formula is C23H19Cl3FN5O2. The number of fused-ring (bicyclic) bond motifs is 1. The fourth-order valence-corrected chi connectivity index (χ4v) is 5.82. The van der Waals surface area contributed by atoms with Gasteiger partial charge >= 0.3 is 0 Å². The molecule has 3 aromatic rings. The van der Waals surface area contributed by atoms with E-state index in [2.05, 4.69) is 9.97 Å². The minimum atomic E-state index is -0.547. The third-order valence-electron chi connectivity index (χ3n) is 6.58. The number of hydrogen-bond donors (Lipinski definition) is 0. The van der Waals surface area contributed by atoms with Crippen LogP contribution in [-0.4, -0.2) is 51.5 Å². The Labute approximate surface area is 209 Å². The quantitative estimate of drug-likeness (QED) is 0.515. The minimum absolute atomic E-state index is 0.0934. The Bertz CT molecular complexity index is 1350. The second kappa shape index (κ2) is 8.52. The molecule has 0 N–H and O–H groups in total. The van der Waals surface area contributed by atoms with Gasteiger partial charge in [0.1, 0.15) is 0 Å². The van der Waals surface area contributed by atoms with E-state index in [0.717, 1.165) is 6.20 Å². The van der Waals surface area contributed by atoms with Gasteiger partial charge in [0.05, 0.1) is 27.5 Å². The molecule has 0 radical (unpaired) electrons. The average molecular weight is 523 g/mol. The van der Waals surface area contributed by atoms with Gasteiger partial charge in [0.15, 0.2) is 5.82 Å². The first kappa shape index (κ1) is 23.1. The van der Waals surface area contributed by atoms with E-state index in [4.69, 9.17) is 34.8 Å². The zero-order valence-electron chi connectivity index (χ0n) is 18.2. The van der Waals surface area contributed by atoms with Crippen molar-refractivity contribution in [3.05, 3.63) is 73.5 Å². The summed E-state index contributed by atoms with van der Waals surface area (Å²) in [7, 11) is 3.49. The summed E-state index contributed by atoms with van der Waals surface area (Å²) in [5.74, 6) is 0.0589. The van der Waals surface area contributed by atoms with E-state index >= 15 is 0 Å². The molecule has 1 aliphatic carbocycles. The summed E-state index contributed by atoms with van der Waals surface area (Å²) in [5.41, 5.74) is 0.416. The lowest BCUT2D eigenvalue weighted by Gasteiger charge is -2.27. The molecule has 0 bridgehead atoms. The molecule has 34 heavy (non-hydrogen) atoms. The topological polar surface area (TPSA) is 71.3 Å². The smallest absolute Gasteiger partial charge is 0.256 e. The molecule has 3 heterocycles. The summed E-state index contributed by atoms with van der Waals surface area (Å²) in [6, 6.07) is 5.89. The standard InChI is InChI=1S/C23H19Cl3FN5O2/c1-30-19(33)7-18(12-3-4-28-8-17(12)27)29-23(30)31(2)21-13-9-32(10-14(13)21)22(34)20-15(25)5-11(24)6-16(20)26/h3-8,13-14,21H,9-10H2,1-2H3/t13-,14+,21+. The minimum Gasteiger partial charge on any atom is -0.342 e. The maximum atomic E-state index is 14.2. The number of benzene rings is 1. The van der Waals surface area contributed by atoms with Gasteiger partial charge < -0.3 is 9.80 Å². The Balaban J connectivity index is 1.36. The maximum absolute atomic E-state index is 14.2. The van der Waals surface area contributed by atoms with Gasteiger partial charge in [0, 0.05) is 67.9 Å². The van der Waals surface area contributed by atoms with Gasteiger partial charge in [-0.1, -0.05) is 34.8 Å². The first-order chi connectivity index (χ1) is 16.2. The highest BCUT2D eigenvalue weighted by Crippen LogP contribution is 2.50. The number of halogens is 4. The van der Waals surface area contributed by atoms with Crippen molar-refractivity contribution >= 4 is 46.7 Å². The summed E-state index contributed by atoms with van der Waals surface area (Å²) >= 11 is 18.4. The Morgan fingerprint density at radius 2 is 1.79 bits per heavy atom. The van der Waals surface area contributed by atoms with Gasteiger partial charge in [-0.3, -0.25) is 19.1 Å². The fourth-order valence-electron chi connectivity index (χ4n) is 4.84. The summed E-state index contributed by atoms with van der Waals surface area (Å²) in [6.45, 7) is 1.06. The van der Waals surface area contributed by atoms with Crippen molar-refractivity contribution in [2.75, 3.05) is 25.0 Å². The van der Waals surface area contributed by atoms with E-state index in [0.29, 0.717) is 24.1 Å². The number of amides is 1. The normalized spacial score (nSPS) is 20.9. The molecule has 3 atom stereocenters. The molecule has 11 heteroatoms. The van der Waals surface area contributed by atoms with Gasteiger partial charge in [0.25, 0.3) is 11.5 Å². The number of aromatic nitrogens is 3. The number of pyridine rings is 1. The third kappa shape index (κ3) is 3.83. The highest BCUT2D eigenvalue weighted by Gasteiger charge is 2.59. The fraction of sp³-hybridized carbons (Fsp3) is 0.304. The van der Waals surface area contributed by atoms with Crippen LogP contribution in [0.3, 0.4) is 0 Å². The lowest BCUT2D eigenvalue weighted by molar-refractivity contribution is 0.0773. The molecule has 0 unspecified atom stereocenters. The lowest BCUT2D eigenvalue weighted by atomic mass is 10.2. The van der Waals surface area contributed by atoms with E-state index in [-0.39, 0.29) is 56.2 Å². The lowest BCUT2D eigenvalue weighted by Crippen LogP contribution is -2.38. The van der Waals surface area contributed by atoms with Crippen molar-refractivity contribution < 1.29 is 9.18 Å². The van der Waals surface area contributed by atoms with Gasteiger partial charge in [-0.2, -0.15) is 0 Å². The van der Waals surface area contributed by atoms with E-state index in [1.54, 1.807) is 11.9 Å². The maximum Gasteiger partial charge on any atom is 0.256 e. The molecule has 2 aromatic heterocycles. The van der Waals surface area contributed by atoms with Gasteiger partial charge in [-0.05, 0) is 18.2 Å². The highest BCUT2D eigenvalue weighted by molar-refractivity contribution is 6.42. The first-order valence-electron chi connectivity index (χ1n) is 10.5. The molecule has 176 valence electrons. The van der Waals surface area contributed by atoms with Crippen LogP contribution < -0.4 is 10.5 Å². The van der Waals surface area contributed by atoms with Crippen LogP contribution >= 0.6 is 34.8 Å².